The van der Waals surface area contributed by atoms with E-state index in [1.165, 1.54) is 0 Å². The molecule has 32 heavy (non-hydrogen) atoms. The molecule has 4 aliphatic carbocycles. The van der Waals surface area contributed by atoms with Gasteiger partial charge in [-0.2, -0.15) is 0 Å². The molecule has 6 atom stereocenters. The lowest BCUT2D eigenvalue weighted by Gasteiger charge is -2.36. The Morgan fingerprint density at radius 3 is 2.00 bits per heavy atom. The second-order valence-corrected chi connectivity index (χ2v) is 12.2. The second-order valence-electron chi connectivity index (χ2n) is 12.2. The van der Waals surface area contributed by atoms with Crippen LogP contribution >= 0.6 is 0 Å². The zero-order chi connectivity index (χ0) is 23.1. The number of rotatable bonds is 4. The fourth-order valence-electron chi connectivity index (χ4n) is 7.67. The minimum Gasteiger partial charge on any atom is -0.299 e. The van der Waals surface area contributed by atoms with Gasteiger partial charge >= 0.3 is 0 Å². The van der Waals surface area contributed by atoms with Crippen molar-refractivity contribution in [1.29, 1.82) is 0 Å². The SMILES string of the molecule is CC1(C)[C@H]2CC[C@]1(C)C(=O)[C@@H]2C=Nc1ccccc1N=C[C@@H]1C(=O)[C@H]2CC[C@@]1(C)C2(C)C. The summed E-state index contributed by atoms with van der Waals surface area (Å²) in [6.45, 7) is 13.3. The van der Waals surface area contributed by atoms with Gasteiger partial charge in [-0.15, -0.1) is 0 Å². The molecule has 5 rings (SSSR count). The number of nitrogens with zero attached hydrogens (tertiary/aromatic N) is 2. The first-order valence-electron chi connectivity index (χ1n) is 12.2. The Balaban J connectivity index is 1.41. The van der Waals surface area contributed by atoms with Gasteiger partial charge in [-0.05, 0) is 60.0 Å². The Hall–Kier alpha value is -2.10. The van der Waals surface area contributed by atoms with Crippen LogP contribution in [0.5, 0.6) is 0 Å². The van der Waals surface area contributed by atoms with E-state index in [1.807, 2.05) is 36.7 Å². The first-order valence-corrected chi connectivity index (χ1v) is 12.2. The lowest BCUT2D eigenvalue weighted by Crippen LogP contribution is -2.34. The van der Waals surface area contributed by atoms with E-state index in [4.69, 9.17) is 9.98 Å². The van der Waals surface area contributed by atoms with Crippen molar-refractivity contribution in [3.8, 4) is 0 Å². The molecular weight excluding hydrogens is 396 g/mol. The normalized spacial score (nSPS) is 41.6. The van der Waals surface area contributed by atoms with Gasteiger partial charge in [0.25, 0.3) is 0 Å². The summed E-state index contributed by atoms with van der Waals surface area (Å²) in [4.78, 5) is 35.7. The quantitative estimate of drug-likeness (QED) is 0.519. The molecule has 170 valence electrons. The second kappa shape index (κ2) is 6.71. The third-order valence-corrected chi connectivity index (χ3v) is 10.8. The van der Waals surface area contributed by atoms with Crippen LogP contribution in [0.3, 0.4) is 0 Å². The van der Waals surface area contributed by atoms with Gasteiger partial charge in [0.05, 0.1) is 23.2 Å². The zero-order valence-corrected chi connectivity index (χ0v) is 20.3. The highest BCUT2D eigenvalue weighted by molar-refractivity contribution is 6.03. The average Bonchev–Trinajstić information content (AvgIpc) is 3.22. The van der Waals surface area contributed by atoms with Crippen LogP contribution in [-0.4, -0.2) is 24.0 Å². The maximum atomic E-state index is 13.2. The molecule has 4 heteroatoms. The molecule has 0 aliphatic heterocycles. The molecule has 0 saturated heterocycles. The number of para-hydroxylation sites is 2. The monoisotopic (exact) mass is 432 g/mol. The molecule has 0 spiro atoms. The van der Waals surface area contributed by atoms with E-state index in [1.54, 1.807) is 0 Å². The highest BCUT2D eigenvalue weighted by Crippen LogP contribution is 2.66. The molecule has 1 aromatic carbocycles. The number of ketones is 2. The Morgan fingerprint density at radius 2 is 1.47 bits per heavy atom. The summed E-state index contributed by atoms with van der Waals surface area (Å²) in [5.41, 5.74) is 1.29. The molecule has 0 radical (unpaired) electrons. The molecule has 4 bridgehead atoms. The van der Waals surface area contributed by atoms with Gasteiger partial charge in [0.2, 0.25) is 0 Å². The van der Waals surface area contributed by atoms with Crippen LogP contribution in [0.1, 0.15) is 67.2 Å². The van der Waals surface area contributed by atoms with Gasteiger partial charge in [-0.1, -0.05) is 53.7 Å². The third-order valence-electron chi connectivity index (χ3n) is 10.8. The average molecular weight is 433 g/mol. The number of fused-ring (bicyclic) bond motifs is 4. The Morgan fingerprint density at radius 1 is 0.844 bits per heavy atom. The first kappa shape index (κ1) is 21.7. The van der Waals surface area contributed by atoms with E-state index in [2.05, 4.69) is 41.5 Å². The van der Waals surface area contributed by atoms with E-state index >= 15 is 0 Å². The van der Waals surface area contributed by atoms with Crippen molar-refractivity contribution in [2.24, 2.45) is 55.3 Å². The lowest BCUT2D eigenvalue weighted by atomic mass is 9.67. The first-order chi connectivity index (χ1) is 14.9. The highest BCUT2D eigenvalue weighted by Gasteiger charge is 2.66. The predicted molar refractivity (Wildman–Crippen MR) is 129 cm³/mol. The molecule has 4 nitrogen and oxygen atoms in total. The molecule has 0 aromatic heterocycles. The van der Waals surface area contributed by atoms with Crippen molar-refractivity contribution in [3.63, 3.8) is 0 Å². The van der Waals surface area contributed by atoms with Gasteiger partial charge in [0.15, 0.2) is 0 Å². The van der Waals surface area contributed by atoms with E-state index in [-0.39, 0.29) is 39.4 Å². The lowest BCUT2D eigenvalue weighted by molar-refractivity contribution is -0.129. The van der Waals surface area contributed by atoms with Gasteiger partial charge < -0.3 is 0 Å². The van der Waals surface area contributed by atoms with Gasteiger partial charge in [0, 0.05) is 23.8 Å². The summed E-state index contributed by atoms with van der Waals surface area (Å²) < 4.78 is 0. The van der Waals surface area contributed by atoms with Crippen molar-refractivity contribution >= 4 is 35.4 Å². The van der Waals surface area contributed by atoms with Crippen LogP contribution in [0.25, 0.3) is 0 Å². The van der Waals surface area contributed by atoms with Crippen molar-refractivity contribution < 1.29 is 9.59 Å². The molecule has 0 N–H and O–H groups in total. The Bertz CT molecular complexity index is 1050. The number of carbonyl (C=O) groups is 2. The van der Waals surface area contributed by atoms with E-state index in [0.717, 1.165) is 37.1 Å². The molecule has 0 amide bonds. The van der Waals surface area contributed by atoms with E-state index in [9.17, 15) is 9.59 Å². The van der Waals surface area contributed by atoms with Crippen LogP contribution in [0, 0.1) is 45.3 Å². The maximum Gasteiger partial charge on any atom is 0.147 e. The van der Waals surface area contributed by atoms with Gasteiger partial charge in [-0.25, -0.2) is 0 Å². The predicted octanol–water partition coefficient (Wildman–Crippen LogP) is 6.37. The molecule has 1 aromatic rings. The largest absolute Gasteiger partial charge is 0.299 e. The Labute approximate surface area is 192 Å². The van der Waals surface area contributed by atoms with Crippen LogP contribution in [0.4, 0.5) is 11.4 Å². The standard InChI is InChI=1S/C28H36N2O2/c1-25(2)18-11-14-28(25,6)24(32)17(18)15-29-21-9-7-8-10-22(21)30-16-20-23(31)19-12-13-27(20,5)26(19,3)4/h7-10,15-20H,11-14H2,1-6H3/t17-,18+,19-,20-,27-,28-/m1/s1. The number of benzene rings is 1. The summed E-state index contributed by atoms with van der Waals surface area (Å²) in [7, 11) is 0. The minimum atomic E-state index is -0.240. The summed E-state index contributed by atoms with van der Waals surface area (Å²) in [5, 5.41) is 0. The molecular formula is C28H36N2O2. The van der Waals surface area contributed by atoms with Crippen LogP contribution in [0.2, 0.25) is 0 Å². The summed E-state index contributed by atoms with van der Waals surface area (Å²) in [6, 6.07) is 7.80. The minimum absolute atomic E-state index is 0.0167. The number of aliphatic imine (C=N–C) groups is 2. The number of hydrogen-bond acceptors (Lipinski definition) is 4. The summed E-state index contributed by atoms with van der Waals surface area (Å²) in [6.07, 6.45) is 7.91. The van der Waals surface area contributed by atoms with Crippen LogP contribution in [-0.2, 0) is 9.59 Å². The molecule has 4 aliphatic rings. The molecule has 4 saturated carbocycles. The van der Waals surface area contributed by atoms with Crippen molar-refractivity contribution in [2.75, 3.05) is 0 Å². The van der Waals surface area contributed by atoms with Crippen molar-refractivity contribution in [1.82, 2.24) is 0 Å². The van der Waals surface area contributed by atoms with Crippen LogP contribution in [0.15, 0.2) is 34.3 Å². The summed E-state index contributed by atoms with van der Waals surface area (Å²) in [5.74, 6) is 0.926. The fourth-order valence-corrected chi connectivity index (χ4v) is 7.67. The molecule has 0 unspecified atom stereocenters. The van der Waals surface area contributed by atoms with E-state index < -0.39 is 0 Å². The molecule has 0 heterocycles. The topological polar surface area (TPSA) is 58.9 Å². The Kier molecular flexibility index (Phi) is 4.56. The number of carbonyl (C=O) groups excluding carboxylic acids is 2. The van der Waals surface area contributed by atoms with Crippen molar-refractivity contribution in [3.05, 3.63) is 24.3 Å². The third kappa shape index (κ3) is 2.55. The smallest absolute Gasteiger partial charge is 0.147 e. The van der Waals surface area contributed by atoms with Crippen LogP contribution < -0.4 is 0 Å². The van der Waals surface area contributed by atoms with Crippen molar-refractivity contribution in [2.45, 2.75) is 67.2 Å². The molecule has 4 fully saturated rings. The van der Waals surface area contributed by atoms with Gasteiger partial charge in [-0.3, -0.25) is 19.6 Å². The highest BCUT2D eigenvalue weighted by atomic mass is 16.1. The maximum absolute atomic E-state index is 13.2. The van der Waals surface area contributed by atoms with Gasteiger partial charge in [0.1, 0.15) is 11.6 Å². The summed E-state index contributed by atoms with van der Waals surface area (Å²) >= 11 is 0. The number of Topliss-reactive ketones (excluding diaryl/α,β-unsaturated/α-hetero) is 2. The fraction of sp³-hybridized carbons (Fsp3) is 0.643. The number of hydrogen-bond donors (Lipinski definition) is 0. The zero-order valence-electron chi connectivity index (χ0n) is 20.3. The van der Waals surface area contributed by atoms with E-state index in [0.29, 0.717) is 17.5 Å².